The van der Waals surface area contributed by atoms with E-state index in [4.69, 9.17) is 0 Å². The van der Waals surface area contributed by atoms with E-state index in [0.717, 1.165) is 0 Å². The molecule has 0 amide bonds. The van der Waals surface area contributed by atoms with Gasteiger partial charge in [0.15, 0.2) is 0 Å². The summed E-state index contributed by atoms with van der Waals surface area (Å²) in [4.78, 5) is 2.53. The van der Waals surface area contributed by atoms with Crippen LogP contribution in [0.2, 0.25) is 0 Å². The summed E-state index contributed by atoms with van der Waals surface area (Å²) >= 11 is 0. The van der Waals surface area contributed by atoms with Gasteiger partial charge in [-0.25, -0.2) is 0 Å². The van der Waals surface area contributed by atoms with E-state index in [1.807, 2.05) is 0 Å². The number of nitrogens with one attached hydrogen (secondary N) is 1. The highest BCUT2D eigenvalue weighted by Crippen LogP contribution is 2.29. The number of nitrogens with zero attached hydrogens (tertiary/aromatic N) is 1. The van der Waals surface area contributed by atoms with Crippen molar-refractivity contribution in [3.8, 4) is 0 Å². The number of allylic oxidation sites excluding steroid dienone is 4. The Morgan fingerprint density at radius 2 is 2.25 bits per heavy atom. The third-order valence-electron chi connectivity index (χ3n) is 4.07. The molecule has 0 saturated carbocycles. The molecule has 3 rings (SSSR count). The average Bonchev–Trinajstić information content (AvgIpc) is 2.69. The second-order valence-electron chi connectivity index (χ2n) is 5.04. The zero-order valence-electron chi connectivity index (χ0n) is 9.89. The fraction of sp³-hybridized carbons (Fsp3) is 0.571. The van der Waals surface area contributed by atoms with Crippen molar-refractivity contribution in [3.63, 3.8) is 0 Å². The van der Waals surface area contributed by atoms with Crippen LogP contribution in [0.5, 0.6) is 0 Å². The minimum Gasteiger partial charge on any atom is -0.290 e. The Morgan fingerprint density at radius 3 is 3.00 bits per heavy atom. The minimum absolute atomic E-state index is 0.461. The normalized spacial score (nSPS) is 38.6. The Hall–Kier alpha value is -0.860. The maximum Gasteiger partial charge on any atom is 0.0828 e. The van der Waals surface area contributed by atoms with E-state index in [2.05, 4.69) is 47.6 Å². The van der Waals surface area contributed by atoms with Crippen molar-refractivity contribution in [1.29, 1.82) is 0 Å². The van der Waals surface area contributed by atoms with Gasteiger partial charge in [0.25, 0.3) is 0 Å². The lowest BCUT2D eigenvalue weighted by molar-refractivity contribution is 0.242. The van der Waals surface area contributed by atoms with E-state index in [1.165, 1.54) is 25.7 Å². The van der Waals surface area contributed by atoms with Crippen LogP contribution < -0.4 is 5.32 Å². The van der Waals surface area contributed by atoms with Gasteiger partial charge in [-0.3, -0.25) is 10.2 Å². The summed E-state index contributed by atoms with van der Waals surface area (Å²) in [5.41, 5.74) is 1.55. The standard InChI is InChI=1S/C14H20N2/c1-16-13-10-6-5-9-12(13)15-14(16)11-7-3-2-4-8-11/h2-3,5,7,9,12-15H,4,6,8,10H2,1H3. The Kier molecular flexibility index (Phi) is 2.70. The summed E-state index contributed by atoms with van der Waals surface area (Å²) in [6.45, 7) is 0. The molecule has 1 heterocycles. The Morgan fingerprint density at radius 1 is 1.31 bits per heavy atom. The molecule has 0 bridgehead atoms. The Bertz CT molecular complexity index is 354. The van der Waals surface area contributed by atoms with Gasteiger partial charge in [0.05, 0.1) is 6.17 Å². The molecule has 2 heteroatoms. The van der Waals surface area contributed by atoms with E-state index >= 15 is 0 Å². The molecule has 1 N–H and O–H groups in total. The first-order valence-electron chi connectivity index (χ1n) is 6.36. The van der Waals surface area contributed by atoms with Crippen LogP contribution in [0.4, 0.5) is 0 Å². The van der Waals surface area contributed by atoms with Gasteiger partial charge in [-0.15, -0.1) is 0 Å². The predicted octanol–water partition coefficient (Wildman–Crippen LogP) is 2.21. The van der Waals surface area contributed by atoms with Crippen molar-refractivity contribution >= 4 is 0 Å². The highest BCUT2D eigenvalue weighted by molar-refractivity contribution is 5.25. The van der Waals surface area contributed by atoms with E-state index in [9.17, 15) is 0 Å². The summed E-state index contributed by atoms with van der Waals surface area (Å²) in [6.07, 6.45) is 16.8. The second-order valence-corrected chi connectivity index (χ2v) is 5.04. The van der Waals surface area contributed by atoms with Crippen molar-refractivity contribution in [2.75, 3.05) is 7.05 Å². The molecule has 2 aliphatic carbocycles. The van der Waals surface area contributed by atoms with Gasteiger partial charge < -0.3 is 0 Å². The average molecular weight is 216 g/mol. The molecule has 0 aromatic heterocycles. The van der Waals surface area contributed by atoms with Gasteiger partial charge in [-0.2, -0.15) is 0 Å². The molecular weight excluding hydrogens is 196 g/mol. The third-order valence-corrected chi connectivity index (χ3v) is 4.07. The zero-order valence-corrected chi connectivity index (χ0v) is 9.89. The lowest BCUT2D eigenvalue weighted by Crippen LogP contribution is -2.37. The first kappa shape index (κ1) is 10.3. The summed E-state index contributed by atoms with van der Waals surface area (Å²) in [7, 11) is 2.26. The zero-order chi connectivity index (χ0) is 11.0. The molecule has 16 heavy (non-hydrogen) atoms. The van der Waals surface area contributed by atoms with Crippen molar-refractivity contribution in [1.82, 2.24) is 10.2 Å². The monoisotopic (exact) mass is 216 g/mol. The molecule has 86 valence electrons. The summed E-state index contributed by atoms with van der Waals surface area (Å²) < 4.78 is 0. The lowest BCUT2D eigenvalue weighted by atomic mass is 9.98. The summed E-state index contributed by atoms with van der Waals surface area (Å²) in [5, 5.41) is 3.75. The van der Waals surface area contributed by atoms with Crippen LogP contribution in [-0.4, -0.2) is 30.2 Å². The predicted molar refractivity (Wildman–Crippen MR) is 67.1 cm³/mol. The van der Waals surface area contributed by atoms with Gasteiger partial charge in [0, 0.05) is 12.1 Å². The van der Waals surface area contributed by atoms with E-state index in [1.54, 1.807) is 5.57 Å². The number of fused-ring (bicyclic) bond motifs is 1. The number of rotatable bonds is 1. The molecule has 0 radical (unpaired) electrons. The van der Waals surface area contributed by atoms with Crippen LogP contribution in [0.15, 0.2) is 36.0 Å². The topological polar surface area (TPSA) is 15.3 Å². The first-order valence-corrected chi connectivity index (χ1v) is 6.36. The summed E-state index contributed by atoms with van der Waals surface area (Å²) in [5.74, 6) is 0. The number of hydrogen-bond acceptors (Lipinski definition) is 2. The lowest BCUT2D eigenvalue weighted by Gasteiger charge is -2.28. The Balaban J connectivity index is 1.80. The smallest absolute Gasteiger partial charge is 0.0828 e. The van der Waals surface area contributed by atoms with E-state index in [0.29, 0.717) is 18.2 Å². The van der Waals surface area contributed by atoms with Crippen molar-refractivity contribution in [3.05, 3.63) is 36.0 Å². The third kappa shape index (κ3) is 1.66. The molecule has 0 aromatic carbocycles. The SMILES string of the molecule is CN1C(C2=CC=CCC2)NC2C=CCCC21. The molecule has 0 spiro atoms. The van der Waals surface area contributed by atoms with Crippen LogP contribution in [-0.2, 0) is 0 Å². The van der Waals surface area contributed by atoms with Gasteiger partial charge in [0.2, 0.25) is 0 Å². The quantitative estimate of drug-likeness (QED) is 0.676. The van der Waals surface area contributed by atoms with Crippen molar-refractivity contribution < 1.29 is 0 Å². The van der Waals surface area contributed by atoms with Gasteiger partial charge in [-0.05, 0) is 38.3 Å². The minimum atomic E-state index is 0.461. The maximum atomic E-state index is 3.75. The largest absolute Gasteiger partial charge is 0.290 e. The first-order chi connectivity index (χ1) is 7.86. The molecule has 3 atom stereocenters. The van der Waals surface area contributed by atoms with Gasteiger partial charge in [-0.1, -0.05) is 30.4 Å². The van der Waals surface area contributed by atoms with Crippen molar-refractivity contribution in [2.45, 2.75) is 43.9 Å². The number of likely N-dealkylation sites (N-methyl/N-ethyl adjacent to an activating group) is 1. The second kappa shape index (κ2) is 4.19. The van der Waals surface area contributed by atoms with Crippen LogP contribution in [0.1, 0.15) is 25.7 Å². The van der Waals surface area contributed by atoms with Gasteiger partial charge >= 0.3 is 0 Å². The molecule has 1 aliphatic heterocycles. The number of hydrogen-bond donors (Lipinski definition) is 1. The molecule has 0 aromatic rings. The fourth-order valence-corrected chi connectivity index (χ4v) is 3.15. The van der Waals surface area contributed by atoms with Crippen LogP contribution >= 0.6 is 0 Å². The molecule has 2 nitrogen and oxygen atoms in total. The van der Waals surface area contributed by atoms with Crippen molar-refractivity contribution in [2.24, 2.45) is 0 Å². The van der Waals surface area contributed by atoms with E-state index in [-0.39, 0.29) is 0 Å². The summed E-state index contributed by atoms with van der Waals surface area (Å²) in [6, 6.07) is 1.26. The van der Waals surface area contributed by atoms with Crippen LogP contribution in [0.3, 0.4) is 0 Å². The van der Waals surface area contributed by atoms with Crippen LogP contribution in [0.25, 0.3) is 0 Å². The maximum absolute atomic E-state index is 3.75. The molecule has 1 saturated heterocycles. The fourth-order valence-electron chi connectivity index (χ4n) is 3.15. The Labute approximate surface area is 97.7 Å². The molecular formula is C14H20N2. The van der Waals surface area contributed by atoms with Crippen LogP contribution in [0, 0.1) is 0 Å². The van der Waals surface area contributed by atoms with Gasteiger partial charge in [0.1, 0.15) is 0 Å². The molecule has 3 aliphatic rings. The van der Waals surface area contributed by atoms with E-state index < -0.39 is 0 Å². The molecule has 3 unspecified atom stereocenters. The molecule has 1 fully saturated rings. The highest BCUT2D eigenvalue weighted by atomic mass is 15.4. The highest BCUT2D eigenvalue weighted by Gasteiger charge is 2.38.